The van der Waals surface area contributed by atoms with Crippen LogP contribution in [0.4, 0.5) is 9.39 Å². The van der Waals surface area contributed by atoms with Gasteiger partial charge >= 0.3 is 5.97 Å². The molecule has 3 atom stereocenters. The van der Waals surface area contributed by atoms with Crippen LogP contribution in [0.2, 0.25) is 0 Å². The highest BCUT2D eigenvalue weighted by Crippen LogP contribution is 2.47. The number of aryl methyl sites for hydroxylation is 2. The third-order valence-corrected chi connectivity index (χ3v) is 11.3. The smallest absolute Gasteiger partial charge is 0.308 e. The number of esters is 1. The van der Waals surface area contributed by atoms with Gasteiger partial charge in [0.1, 0.15) is 5.82 Å². The number of carbonyl (C=O) groups excluding carboxylic acids is 1. The molecule has 3 aromatic carbocycles. The normalized spacial score (nSPS) is 18.9. The summed E-state index contributed by atoms with van der Waals surface area (Å²) in [5, 5.41) is 6.14. The molecular formula is C36H34FN3O4S2. The predicted octanol–water partition coefficient (Wildman–Crippen LogP) is 8.27. The van der Waals surface area contributed by atoms with Crippen LogP contribution < -0.4 is 5.32 Å². The Balaban J connectivity index is 0.000000259. The van der Waals surface area contributed by atoms with E-state index in [9.17, 15) is 17.6 Å². The van der Waals surface area contributed by atoms with Gasteiger partial charge in [-0.15, -0.1) is 0 Å². The highest BCUT2D eigenvalue weighted by molar-refractivity contribution is 7.90. The van der Waals surface area contributed by atoms with E-state index >= 15 is 0 Å². The number of rotatable bonds is 5. The Bertz CT molecular complexity index is 2060. The zero-order valence-electron chi connectivity index (χ0n) is 25.8. The number of ether oxygens (including phenoxy) is 1. The zero-order valence-corrected chi connectivity index (χ0v) is 27.4. The molecule has 0 aliphatic carbocycles. The molecule has 0 saturated carbocycles. The van der Waals surface area contributed by atoms with Gasteiger partial charge in [-0.05, 0) is 81.3 Å². The molecule has 2 fully saturated rings. The molecule has 46 heavy (non-hydrogen) atoms. The number of nitrogens with zero attached hydrogens (tertiary/aromatic N) is 2. The number of benzene rings is 3. The predicted molar refractivity (Wildman–Crippen MR) is 180 cm³/mol. The highest BCUT2D eigenvalue weighted by Gasteiger charge is 2.37. The number of thiophene rings is 1. The number of hydrogen-bond donors (Lipinski definition) is 1. The van der Waals surface area contributed by atoms with Crippen molar-refractivity contribution in [3.63, 3.8) is 0 Å². The number of carbonyl (C=O) groups is 1. The topological polar surface area (TPSA) is 81.8 Å². The minimum atomic E-state index is -4.06. The average Bonchev–Trinajstić information content (AvgIpc) is 3.75. The standard InChI is InChI=1S/C27H19FN2O2S2.C9H15NO2/c1-17-7-10-21(11-8-17)34(31,32)30-24-12-9-20(28)16-23(24)25(22-13-14-33-27(22)29-3)26(30)19-6-4-5-18(2)15-19;1-12-9(11)6-4-7-2-3-8(5-6)10-7/h4-16H,1-2H3;6-8,10H,2-5H2,1H3/t;6?,7-,8+. The van der Waals surface area contributed by atoms with E-state index in [1.165, 1.54) is 53.5 Å². The molecule has 2 aromatic heterocycles. The molecule has 1 unspecified atom stereocenters. The molecular weight excluding hydrogens is 622 g/mol. The Morgan fingerprint density at radius 3 is 2.37 bits per heavy atom. The maximum atomic E-state index is 14.5. The number of nitrogens with one attached hydrogen (secondary N) is 1. The van der Waals surface area contributed by atoms with Crippen LogP contribution in [0.15, 0.2) is 83.1 Å². The first kappa shape index (κ1) is 31.7. The van der Waals surface area contributed by atoms with E-state index in [-0.39, 0.29) is 16.8 Å². The van der Waals surface area contributed by atoms with Crippen LogP contribution in [0.3, 0.4) is 0 Å². The number of hydrogen-bond acceptors (Lipinski definition) is 6. The first-order valence-electron chi connectivity index (χ1n) is 15.1. The number of piperidine rings is 1. The average molecular weight is 656 g/mol. The van der Waals surface area contributed by atoms with Gasteiger partial charge in [0.25, 0.3) is 10.0 Å². The molecule has 7 rings (SSSR count). The van der Waals surface area contributed by atoms with Gasteiger partial charge in [0.15, 0.2) is 0 Å². The van der Waals surface area contributed by atoms with Crippen molar-refractivity contribution in [2.45, 2.75) is 56.5 Å². The molecule has 2 bridgehead atoms. The van der Waals surface area contributed by atoms with Gasteiger partial charge in [0.05, 0.1) is 35.7 Å². The summed E-state index contributed by atoms with van der Waals surface area (Å²) in [5.41, 5.74) is 4.45. The van der Waals surface area contributed by atoms with Crippen molar-refractivity contribution in [1.82, 2.24) is 9.29 Å². The second kappa shape index (κ2) is 12.8. The van der Waals surface area contributed by atoms with E-state index in [2.05, 4.69) is 10.2 Å². The summed E-state index contributed by atoms with van der Waals surface area (Å²) in [6.07, 6.45) is 4.42. The minimum absolute atomic E-state index is 0.0200. The molecule has 0 radical (unpaired) electrons. The number of aromatic nitrogens is 1. The highest BCUT2D eigenvalue weighted by atomic mass is 32.2. The van der Waals surface area contributed by atoms with E-state index in [4.69, 9.17) is 11.3 Å². The molecule has 236 valence electrons. The Morgan fingerprint density at radius 2 is 1.72 bits per heavy atom. The van der Waals surface area contributed by atoms with Crippen LogP contribution in [-0.4, -0.2) is 37.6 Å². The van der Waals surface area contributed by atoms with Crippen molar-refractivity contribution in [2.75, 3.05) is 7.11 Å². The van der Waals surface area contributed by atoms with Crippen LogP contribution in [0.25, 0.3) is 38.1 Å². The number of methoxy groups -OCH3 is 1. The molecule has 0 amide bonds. The third kappa shape index (κ3) is 5.98. The molecule has 0 spiro atoms. The number of halogens is 1. The molecule has 2 aliphatic heterocycles. The van der Waals surface area contributed by atoms with Gasteiger partial charge in [-0.25, -0.2) is 21.6 Å². The van der Waals surface area contributed by atoms with Crippen molar-refractivity contribution in [2.24, 2.45) is 5.92 Å². The van der Waals surface area contributed by atoms with Crippen molar-refractivity contribution in [1.29, 1.82) is 0 Å². The fourth-order valence-electron chi connectivity index (χ4n) is 6.62. The van der Waals surface area contributed by atoms with Crippen LogP contribution in [0, 0.1) is 32.2 Å². The SMILES string of the molecule is COC(=O)C1C[C@H]2CC[C@@H](C1)N2.[C-]#[N+]c1sccc1-c1c(-c2cccc(C)c2)n(S(=O)(=O)c2ccc(C)cc2)c2ccc(F)cc12. The lowest BCUT2D eigenvalue weighted by Gasteiger charge is -2.26. The van der Waals surface area contributed by atoms with E-state index < -0.39 is 15.8 Å². The Hall–Kier alpha value is -4.30. The second-order valence-electron chi connectivity index (χ2n) is 11.9. The van der Waals surface area contributed by atoms with E-state index in [0.29, 0.717) is 50.4 Å². The molecule has 1 N–H and O–H groups in total. The molecule has 5 aromatic rings. The molecule has 2 aliphatic rings. The maximum Gasteiger partial charge on any atom is 0.308 e. The van der Waals surface area contributed by atoms with Gasteiger partial charge in [-0.2, -0.15) is 11.3 Å². The Labute approximate surface area is 272 Å². The number of fused-ring (bicyclic) bond motifs is 3. The first-order chi connectivity index (χ1) is 22.1. The van der Waals surface area contributed by atoms with E-state index in [1.807, 2.05) is 38.1 Å². The molecule has 7 nitrogen and oxygen atoms in total. The summed E-state index contributed by atoms with van der Waals surface area (Å²) < 4.78 is 48.7. The van der Waals surface area contributed by atoms with Gasteiger partial charge < -0.3 is 10.1 Å². The molecule has 10 heteroatoms. The largest absolute Gasteiger partial charge is 0.469 e. The van der Waals surface area contributed by atoms with E-state index in [1.54, 1.807) is 35.7 Å². The monoisotopic (exact) mass is 655 g/mol. The fraction of sp³-hybridized carbons (Fsp3) is 0.278. The van der Waals surface area contributed by atoms with Crippen molar-refractivity contribution in [3.8, 4) is 22.4 Å². The van der Waals surface area contributed by atoms with E-state index in [0.717, 1.165) is 24.0 Å². The minimum Gasteiger partial charge on any atom is -0.469 e. The Morgan fingerprint density at radius 1 is 1.00 bits per heavy atom. The molecule has 2 saturated heterocycles. The lowest BCUT2D eigenvalue weighted by molar-refractivity contribution is -0.146. The van der Waals surface area contributed by atoms with Crippen LogP contribution in [0.5, 0.6) is 0 Å². The first-order valence-corrected chi connectivity index (χ1v) is 17.4. The summed E-state index contributed by atoms with van der Waals surface area (Å²) in [4.78, 5) is 15.0. The second-order valence-corrected chi connectivity index (χ2v) is 14.6. The van der Waals surface area contributed by atoms with Crippen LogP contribution >= 0.6 is 11.3 Å². The summed E-state index contributed by atoms with van der Waals surface area (Å²) in [5.74, 6) is -0.337. The van der Waals surface area contributed by atoms with Gasteiger partial charge in [0.2, 0.25) is 5.00 Å². The summed E-state index contributed by atoms with van der Waals surface area (Å²) >= 11 is 1.27. The molecule has 4 heterocycles. The summed E-state index contributed by atoms with van der Waals surface area (Å²) in [7, 11) is -2.58. The van der Waals surface area contributed by atoms with Crippen molar-refractivity contribution >= 4 is 43.2 Å². The zero-order chi connectivity index (χ0) is 32.6. The van der Waals surface area contributed by atoms with Crippen LogP contribution in [-0.2, 0) is 19.6 Å². The summed E-state index contributed by atoms with van der Waals surface area (Å²) in [6, 6.07) is 21.2. The quantitative estimate of drug-likeness (QED) is 0.152. The Kier molecular flexibility index (Phi) is 8.84. The lowest BCUT2D eigenvalue weighted by atomic mass is 9.93. The fourth-order valence-corrected chi connectivity index (χ4v) is 8.85. The third-order valence-electron chi connectivity index (χ3n) is 8.76. The van der Waals surface area contributed by atoms with Gasteiger partial charge in [-0.1, -0.05) is 47.5 Å². The lowest BCUT2D eigenvalue weighted by Crippen LogP contribution is -2.40. The maximum absolute atomic E-state index is 14.5. The van der Waals surface area contributed by atoms with Gasteiger partial charge in [0, 0.05) is 34.2 Å². The van der Waals surface area contributed by atoms with Gasteiger partial charge in [-0.3, -0.25) is 4.79 Å². The summed E-state index contributed by atoms with van der Waals surface area (Å²) in [6.45, 7) is 11.5. The van der Waals surface area contributed by atoms with Crippen molar-refractivity contribution in [3.05, 3.63) is 107 Å². The van der Waals surface area contributed by atoms with Crippen molar-refractivity contribution < 1.29 is 22.3 Å². The van der Waals surface area contributed by atoms with Crippen LogP contribution in [0.1, 0.15) is 36.8 Å².